The van der Waals surface area contributed by atoms with Gasteiger partial charge in [0.2, 0.25) is 0 Å². The summed E-state index contributed by atoms with van der Waals surface area (Å²) in [6.07, 6.45) is 4.39. The molecular formula is C23H23ClN2O2S2. The van der Waals surface area contributed by atoms with E-state index in [4.69, 9.17) is 11.6 Å². The molecule has 1 N–H and O–H groups in total. The van der Waals surface area contributed by atoms with E-state index in [9.17, 15) is 8.42 Å². The zero-order valence-electron chi connectivity index (χ0n) is 16.9. The van der Waals surface area contributed by atoms with Gasteiger partial charge in [-0.05, 0) is 97.3 Å². The number of likely N-dealkylation sites (tertiary alicyclic amines) is 1. The average Bonchev–Trinajstić information content (AvgIpc) is 3.39. The van der Waals surface area contributed by atoms with Gasteiger partial charge in [-0.1, -0.05) is 23.7 Å². The Kier molecular flexibility index (Phi) is 4.93. The minimum atomic E-state index is -3.68. The van der Waals surface area contributed by atoms with E-state index in [1.54, 1.807) is 6.07 Å². The van der Waals surface area contributed by atoms with Crippen LogP contribution in [0.1, 0.15) is 23.1 Å². The maximum Gasteiger partial charge on any atom is 0.271 e. The predicted molar refractivity (Wildman–Crippen MR) is 126 cm³/mol. The van der Waals surface area contributed by atoms with Gasteiger partial charge in [-0.3, -0.25) is 4.72 Å². The van der Waals surface area contributed by atoms with E-state index in [2.05, 4.69) is 22.7 Å². The summed E-state index contributed by atoms with van der Waals surface area (Å²) in [5.41, 5.74) is 5.18. The van der Waals surface area contributed by atoms with Crippen molar-refractivity contribution >= 4 is 54.3 Å². The largest absolute Gasteiger partial charge is 0.306 e. The number of fused-ring (bicyclic) bond motifs is 2. The van der Waals surface area contributed by atoms with Crippen molar-refractivity contribution in [2.24, 2.45) is 5.92 Å². The van der Waals surface area contributed by atoms with Crippen molar-refractivity contribution in [3.63, 3.8) is 0 Å². The van der Waals surface area contributed by atoms with E-state index < -0.39 is 10.0 Å². The summed E-state index contributed by atoms with van der Waals surface area (Å²) in [6, 6.07) is 11.4. The van der Waals surface area contributed by atoms with Gasteiger partial charge in [-0.15, -0.1) is 11.3 Å². The van der Waals surface area contributed by atoms with Gasteiger partial charge in [0, 0.05) is 22.0 Å². The van der Waals surface area contributed by atoms with Crippen molar-refractivity contribution < 1.29 is 8.42 Å². The number of aryl methyl sites for hydroxylation is 1. The predicted octanol–water partition coefficient (Wildman–Crippen LogP) is 5.56. The topological polar surface area (TPSA) is 49.4 Å². The third kappa shape index (κ3) is 3.46. The first-order valence-electron chi connectivity index (χ1n) is 10.1. The molecule has 0 radical (unpaired) electrons. The molecule has 0 saturated carbocycles. The third-order valence-corrected chi connectivity index (χ3v) is 9.65. The van der Waals surface area contributed by atoms with Crippen LogP contribution in [-0.2, 0) is 16.4 Å². The van der Waals surface area contributed by atoms with Crippen molar-refractivity contribution in [1.82, 2.24) is 4.90 Å². The second-order valence-electron chi connectivity index (χ2n) is 8.24. The molecule has 0 spiro atoms. The van der Waals surface area contributed by atoms with E-state index in [1.807, 2.05) is 37.3 Å². The monoisotopic (exact) mass is 458 g/mol. The second-order valence-corrected chi connectivity index (χ2v) is 11.6. The van der Waals surface area contributed by atoms with Gasteiger partial charge in [0.25, 0.3) is 10.0 Å². The van der Waals surface area contributed by atoms with E-state index in [-0.39, 0.29) is 0 Å². The molecule has 3 aromatic rings. The first kappa shape index (κ1) is 20.1. The van der Waals surface area contributed by atoms with Gasteiger partial charge in [0.1, 0.15) is 4.21 Å². The Morgan fingerprint density at radius 3 is 2.80 bits per heavy atom. The zero-order chi connectivity index (χ0) is 21.0. The van der Waals surface area contributed by atoms with E-state index in [0.717, 1.165) is 41.6 Å². The molecule has 1 aliphatic carbocycles. The van der Waals surface area contributed by atoms with Gasteiger partial charge >= 0.3 is 0 Å². The Morgan fingerprint density at radius 2 is 2.03 bits per heavy atom. The lowest BCUT2D eigenvalue weighted by molar-refractivity contribution is 0.409. The minimum absolute atomic E-state index is 0.341. The molecular weight excluding hydrogens is 436 g/mol. The van der Waals surface area contributed by atoms with Crippen LogP contribution in [0.15, 0.2) is 46.7 Å². The molecule has 156 valence electrons. The van der Waals surface area contributed by atoms with Crippen LogP contribution in [0.2, 0.25) is 5.02 Å². The Morgan fingerprint density at radius 1 is 1.20 bits per heavy atom. The number of anilines is 1. The molecule has 4 nitrogen and oxygen atoms in total. The fourth-order valence-electron chi connectivity index (χ4n) is 4.62. The number of hydrogen-bond donors (Lipinski definition) is 1. The highest BCUT2D eigenvalue weighted by Gasteiger charge is 2.28. The molecule has 0 unspecified atom stereocenters. The third-order valence-electron chi connectivity index (χ3n) is 6.14. The molecule has 1 aliphatic heterocycles. The fraction of sp³-hybridized carbons (Fsp3) is 0.304. The van der Waals surface area contributed by atoms with Crippen molar-refractivity contribution in [2.75, 3.05) is 24.9 Å². The van der Waals surface area contributed by atoms with E-state index >= 15 is 0 Å². The molecule has 2 aliphatic rings. The Bertz CT molecular complexity index is 1290. The van der Waals surface area contributed by atoms with Gasteiger partial charge in [-0.25, -0.2) is 8.42 Å². The smallest absolute Gasteiger partial charge is 0.271 e. The number of sulfonamides is 1. The first-order valence-corrected chi connectivity index (χ1v) is 12.7. The van der Waals surface area contributed by atoms with Crippen molar-refractivity contribution in [2.45, 2.75) is 24.0 Å². The molecule has 7 heteroatoms. The number of nitrogens with one attached hydrogen (secondary N) is 1. The maximum atomic E-state index is 13.2. The van der Waals surface area contributed by atoms with Crippen LogP contribution in [0.4, 0.5) is 5.69 Å². The zero-order valence-corrected chi connectivity index (χ0v) is 19.3. The van der Waals surface area contributed by atoms with Crippen LogP contribution < -0.4 is 4.72 Å². The SMILES string of the molecule is Cc1c(S(=O)(=O)Nc2ccc3c(c2)C([C@H]2CCN(C)C2)=CC3)sc2ccc(Cl)cc12. The first-order chi connectivity index (χ1) is 14.3. The van der Waals surface area contributed by atoms with Crippen LogP contribution in [0.5, 0.6) is 0 Å². The number of nitrogens with zero attached hydrogens (tertiary/aromatic N) is 1. The minimum Gasteiger partial charge on any atom is -0.306 e. The lowest BCUT2D eigenvalue weighted by Gasteiger charge is -2.15. The average molecular weight is 459 g/mol. The van der Waals surface area contributed by atoms with E-state index in [0.29, 0.717) is 20.8 Å². The number of rotatable bonds is 4. The molecule has 1 saturated heterocycles. The molecule has 0 bridgehead atoms. The summed E-state index contributed by atoms with van der Waals surface area (Å²) in [5, 5.41) is 1.49. The van der Waals surface area contributed by atoms with Crippen LogP contribution in [0.25, 0.3) is 15.7 Å². The molecule has 1 aromatic heterocycles. The van der Waals surface area contributed by atoms with Gasteiger partial charge in [0.05, 0.1) is 0 Å². The fourth-order valence-corrected chi connectivity index (χ4v) is 7.59. The highest BCUT2D eigenvalue weighted by Crippen LogP contribution is 2.40. The van der Waals surface area contributed by atoms with Crippen molar-refractivity contribution in [3.8, 4) is 0 Å². The van der Waals surface area contributed by atoms with Crippen molar-refractivity contribution in [3.05, 3.63) is 64.2 Å². The highest BCUT2D eigenvalue weighted by atomic mass is 35.5. The van der Waals surface area contributed by atoms with Crippen LogP contribution >= 0.6 is 22.9 Å². The van der Waals surface area contributed by atoms with Crippen LogP contribution in [-0.4, -0.2) is 33.5 Å². The summed E-state index contributed by atoms with van der Waals surface area (Å²) < 4.78 is 30.5. The molecule has 1 fully saturated rings. The van der Waals surface area contributed by atoms with Gasteiger partial charge in [-0.2, -0.15) is 0 Å². The summed E-state index contributed by atoms with van der Waals surface area (Å²) >= 11 is 7.39. The number of hydrogen-bond acceptors (Lipinski definition) is 4. The Labute approximate surface area is 186 Å². The number of halogens is 1. The Balaban J connectivity index is 1.47. The summed E-state index contributed by atoms with van der Waals surface area (Å²) in [4.78, 5) is 2.35. The molecule has 2 aromatic carbocycles. The van der Waals surface area contributed by atoms with Crippen molar-refractivity contribution in [1.29, 1.82) is 0 Å². The molecule has 30 heavy (non-hydrogen) atoms. The maximum absolute atomic E-state index is 13.2. The lowest BCUT2D eigenvalue weighted by atomic mass is 9.93. The summed E-state index contributed by atoms with van der Waals surface area (Å²) in [6.45, 7) is 4.01. The highest BCUT2D eigenvalue weighted by molar-refractivity contribution is 7.94. The second kappa shape index (κ2) is 7.38. The molecule has 2 heterocycles. The lowest BCUT2D eigenvalue weighted by Crippen LogP contribution is -2.15. The van der Waals surface area contributed by atoms with Gasteiger partial charge in [0.15, 0.2) is 0 Å². The van der Waals surface area contributed by atoms with Crippen LogP contribution in [0.3, 0.4) is 0 Å². The van der Waals surface area contributed by atoms with Gasteiger partial charge < -0.3 is 4.90 Å². The quantitative estimate of drug-likeness (QED) is 0.557. The Hall–Kier alpha value is -1.86. The van der Waals surface area contributed by atoms with Crippen LogP contribution in [0, 0.1) is 12.8 Å². The molecule has 1 atom stereocenters. The number of allylic oxidation sites excluding steroid dienone is 1. The standard InChI is InChI=1S/C23H23ClN2O2S2/c1-14-20-11-17(24)5-8-22(20)29-23(14)30(27,28)25-18-6-3-15-4-7-19(21(15)12-18)16-9-10-26(2)13-16/h3,5-8,11-12,16,25H,4,9-10,13H2,1-2H3/t16-/m0/s1. The molecule has 5 rings (SSSR count). The summed E-state index contributed by atoms with van der Waals surface area (Å²) in [5.74, 6) is 0.526. The normalized spacial score (nSPS) is 19.3. The number of thiophene rings is 1. The summed E-state index contributed by atoms with van der Waals surface area (Å²) in [7, 11) is -1.53. The number of benzene rings is 2. The molecule has 0 amide bonds. The van der Waals surface area contributed by atoms with E-state index in [1.165, 1.54) is 28.0 Å².